The van der Waals surface area contributed by atoms with Crippen molar-refractivity contribution in [2.75, 3.05) is 5.32 Å². The fourth-order valence-electron chi connectivity index (χ4n) is 2.03. The maximum Gasteiger partial charge on any atom is 0.250 e. The summed E-state index contributed by atoms with van der Waals surface area (Å²) in [5, 5.41) is 3.47. The number of halogens is 2. The van der Waals surface area contributed by atoms with Crippen molar-refractivity contribution in [1.82, 2.24) is 13.9 Å². The molecular weight excluding hydrogens is 329 g/mol. The number of primary amides is 1. The van der Waals surface area contributed by atoms with Crippen LogP contribution in [0.15, 0.2) is 30.5 Å². The summed E-state index contributed by atoms with van der Waals surface area (Å²) < 4.78 is 14.9. The molecule has 0 bridgehead atoms. The molecule has 0 spiro atoms. The third kappa shape index (κ3) is 2.58. The SMILES string of the molecule is NC(=O)c1ccc(F)cc1Nc1nc(Cl)nc2c1ccn2S. The van der Waals surface area contributed by atoms with Crippen molar-refractivity contribution in [3.05, 3.63) is 47.1 Å². The number of thiol groups is 1. The van der Waals surface area contributed by atoms with E-state index in [2.05, 4.69) is 28.1 Å². The molecule has 0 saturated carbocycles. The van der Waals surface area contributed by atoms with Gasteiger partial charge in [-0.1, -0.05) is 12.8 Å². The van der Waals surface area contributed by atoms with Crippen LogP contribution in [0.25, 0.3) is 11.0 Å². The van der Waals surface area contributed by atoms with Crippen LogP contribution in [0.4, 0.5) is 15.9 Å². The number of nitrogens with zero attached hydrogens (tertiary/aromatic N) is 3. The van der Waals surface area contributed by atoms with E-state index in [1.807, 2.05) is 0 Å². The third-order valence-corrected chi connectivity index (χ3v) is 3.49. The second-order valence-corrected chi connectivity index (χ2v) is 5.19. The first-order valence-electron chi connectivity index (χ1n) is 6.06. The molecule has 3 aromatic rings. The van der Waals surface area contributed by atoms with Crippen LogP contribution in [0.1, 0.15) is 10.4 Å². The average molecular weight is 338 g/mol. The summed E-state index contributed by atoms with van der Waals surface area (Å²) in [4.78, 5) is 19.6. The van der Waals surface area contributed by atoms with Gasteiger partial charge in [-0.3, -0.25) is 8.77 Å². The van der Waals surface area contributed by atoms with E-state index in [9.17, 15) is 9.18 Å². The summed E-state index contributed by atoms with van der Waals surface area (Å²) in [6.07, 6.45) is 1.66. The Hall–Kier alpha value is -2.32. The molecule has 1 amide bonds. The fourth-order valence-corrected chi connectivity index (χ4v) is 2.42. The summed E-state index contributed by atoms with van der Waals surface area (Å²) in [5.41, 5.74) is 6.09. The zero-order valence-corrected chi connectivity index (χ0v) is 12.6. The lowest BCUT2D eigenvalue weighted by molar-refractivity contribution is 0.100. The fraction of sp³-hybridized carbons (Fsp3) is 0. The molecule has 0 fully saturated rings. The average Bonchev–Trinajstić information content (AvgIpc) is 2.80. The minimum absolute atomic E-state index is 0.0129. The van der Waals surface area contributed by atoms with E-state index in [1.54, 1.807) is 12.3 Å². The molecule has 2 aromatic heterocycles. The van der Waals surface area contributed by atoms with Crippen molar-refractivity contribution < 1.29 is 9.18 Å². The standard InChI is InChI=1S/C13H9ClFN5OS/c14-13-18-11(8-3-4-20(22)12(8)19-13)17-9-5-6(15)1-2-7(9)10(16)21/h1-5,22H,(H2,16,21)(H,17,18,19). The molecule has 0 saturated heterocycles. The summed E-state index contributed by atoms with van der Waals surface area (Å²) in [5.74, 6) is -0.891. The van der Waals surface area contributed by atoms with Gasteiger partial charge in [0.1, 0.15) is 11.6 Å². The highest BCUT2D eigenvalue weighted by Gasteiger charge is 2.14. The summed E-state index contributed by atoms with van der Waals surface area (Å²) >= 11 is 10.1. The van der Waals surface area contributed by atoms with Gasteiger partial charge in [-0.25, -0.2) is 4.39 Å². The topological polar surface area (TPSA) is 85.8 Å². The monoisotopic (exact) mass is 337 g/mol. The molecule has 6 nitrogen and oxygen atoms in total. The quantitative estimate of drug-likeness (QED) is 0.506. The normalized spacial score (nSPS) is 10.9. The van der Waals surface area contributed by atoms with Crippen molar-refractivity contribution in [1.29, 1.82) is 0 Å². The summed E-state index contributed by atoms with van der Waals surface area (Å²) in [6, 6.07) is 5.31. The number of hydrogen-bond donors (Lipinski definition) is 3. The minimum Gasteiger partial charge on any atom is -0.366 e. The second-order valence-electron chi connectivity index (χ2n) is 4.42. The van der Waals surface area contributed by atoms with Gasteiger partial charge in [0.15, 0.2) is 5.65 Å². The van der Waals surface area contributed by atoms with E-state index in [1.165, 1.54) is 10.0 Å². The van der Waals surface area contributed by atoms with E-state index >= 15 is 0 Å². The number of benzene rings is 1. The molecule has 0 aliphatic heterocycles. The lowest BCUT2D eigenvalue weighted by Crippen LogP contribution is -2.13. The van der Waals surface area contributed by atoms with E-state index in [0.717, 1.165) is 12.1 Å². The molecule has 0 aliphatic carbocycles. The number of carbonyl (C=O) groups is 1. The molecule has 9 heteroatoms. The Labute approximate surface area is 134 Å². The Bertz CT molecular complexity index is 898. The second kappa shape index (κ2) is 5.47. The van der Waals surface area contributed by atoms with Gasteiger partial charge < -0.3 is 11.1 Å². The van der Waals surface area contributed by atoms with Gasteiger partial charge in [-0.2, -0.15) is 9.97 Å². The third-order valence-electron chi connectivity index (χ3n) is 3.00. The van der Waals surface area contributed by atoms with Crippen molar-refractivity contribution in [2.45, 2.75) is 0 Å². The van der Waals surface area contributed by atoms with E-state index in [-0.39, 0.29) is 16.5 Å². The molecule has 22 heavy (non-hydrogen) atoms. The Morgan fingerprint density at radius 3 is 2.86 bits per heavy atom. The number of amides is 1. The van der Waals surface area contributed by atoms with Crippen LogP contribution in [-0.2, 0) is 0 Å². The Morgan fingerprint density at radius 2 is 2.14 bits per heavy atom. The van der Waals surface area contributed by atoms with Crippen LogP contribution in [0.3, 0.4) is 0 Å². The number of aromatic nitrogens is 3. The highest BCUT2D eigenvalue weighted by Crippen LogP contribution is 2.28. The highest BCUT2D eigenvalue weighted by molar-refractivity contribution is 7.78. The molecule has 0 unspecified atom stereocenters. The van der Waals surface area contributed by atoms with Crippen molar-refractivity contribution in [3.8, 4) is 0 Å². The van der Waals surface area contributed by atoms with Crippen molar-refractivity contribution >= 4 is 52.9 Å². The zero-order valence-electron chi connectivity index (χ0n) is 10.9. The molecule has 3 N–H and O–H groups in total. The van der Waals surface area contributed by atoms with Crippen molar-refractivity contribution in [3.63, 3.8) is 0 Å². The first-order valence-corrected chi connectivity index (χ1v) is 6.84. The Morgan fingerprint density at radius 1 is 1.36 bits per heavy atom. The van der Waals surface area contributed by atoms with Crippen LogP contribution in [0, 0.1) is 5.82 Å². The molecular formula is C13H9ClFN5OS. The van der Waals surface area contributed by atoms with Gasteiger partial charge >= 0.3 is 0 Å². The van der Waals surface area contributed by atoms with E-state index in [0.29, 0.717) is 16.9 Å². The van der Waals surface area contributed by atoms with Crippen LogP contribution in [0.2, 0.25) is 5.28 Å². The maximum atomic E-state index is 13.4. The van der Waals surface area contributed by atoms with Gasteiger partial charge in [0, 0.05) is 6.20 Å². The smallest absolute Gasteiger partial charge is 0.250 e. The first-order chi connectivity index (χ1) is 10.5. The number of anilines is 2. The van der Waals surface area contributed by atoms with Gasteiger partial charge in [0.2, 0.25) is 5.28 Å². The van der Waals surface area contributed by atoms with E-state index in [4.69, 9.17) is 17.3 Å². The van der Waals surface area contributed by atoms with Gasteiger partial charge in [-0.05, 0) is 35.9 Å². The molecule has 3 rings (SSSR count). The Kier molecular flexibility index (Phi) is 3.63. The molecule has 0 aliphatic rings. The number of hydrogen-bond acceptors (Lipinski definition) is 5. The molecule has 0 atom stereocenters. The number of nitrogens with two attached hydrogens (primary N) is 1. The van der Waals surface area contributed by atoms with E-state index < -0.39 is 11.7 Å². The highest BCUT2D eigenvalue weighted by atomic mass is 35.5. The number of carbonyl (C=O) groups excluding carboxylic acids is 1. The molecule has 2 heterocycles. The van der Waals surface area contributed by atoms with Crippen LogP contribution in [0.5, 0.6) is 0 Å². The molecule has 112 valence electrons. The first kappa shape index (κ1) is 14.6. The number of rotatable bonds is 3. The molecule has 1 aromatic carbocycles. The number of fused-ring (bicyclic) bond motifs is 1. The van der Waals surface area contributed by atoms with Crippen LogP contribution in [-0.4, -0.2) is 19.8 Å². The predicted molar refractivity (Wildman–Crippen MR) is 85.1 cm³/mol. The lowest BCUT2D eigenvalue weighted by Gasteiger charge is -2.10. The van der Waals surface area contributed by atoms with Crippen molar-refractivity contribution in [2.24, 2.45) is 5.73 Å². The summed E-state index contributed by atoms with van der Waals surface area (Å²) in [7, 11) is 0. The summed E-state index contributed by atoms with van der Waals surface area (Å²) in [6.45, 7) is 0. The number of nitrogens with one attached hydrogen (secondary N) is 1. The molecule has 0 radical (unpaired) electrons. The van der Waals surface area contributed by atoms with Crippen LogP contribution >= 0.6 is 24.4 Å². The zero-order chi connectivity index (χ0) is 15.9. The minimum atomic E-state index is -0.689. The largest absolute Gasteiger partial charge is 0.366 e. The lowest BCUT2D eigenvalue weighted by atomic mass is 10.1. The van der Waals surface area contributed by atoms with Gasteiger partial charge in [0.25, 0.3) is 5.91 Å². The maximum absolute atomic E-state index is 13.4. The Balaban J connectivity index is 2.15. The van der Waals surface area contributed by atoms with Gasteiger partial charge in [0.05, 0.1) is 16.6 Å². The predicted octanol–water partition coefficient (Wildman–Crippen LogP) is 2.76. The van der Waals surface area contributed by atoms with Gasteiger partial charge in [-0.15, -0.1) is 0 Å². The van der Waals surface area contributed by atoms with Crippen LogP contribution < -0.4 is 11.1 Å².